The Bertz CT molecular complexity index is 494. The molecule has 4 nitrogen and oxygen atoms in total. The Morgan fingerprint density at radius 1 is 1.15 bits per heavy atom. The maximum atomic E-state index is 8.58. The van der Waals surface area contributed by atoms with Crippen molar-refractivity contribution in [2.45, 2.75) is 52.4 Å². The van der Waals surface area contributed by atoms with E-state index >= 15 is 0 Å². The van der Waals surface area contributed by atoms with E-state index in [9.17, 15) is 0 Å². The standard InChI is InChI=1S/C16H26N2O2/c1-15(2,3)11-7-8-13(20-10-14(17)18-19)12(9-11)16(4,5)6/h7-9,19H,10H2,1-6H3,(H2,17,18). The van der Waals surface area contributed by atoms with E-state index in [0.717, 1.165) is 11.3 Å². The first-order valence-corrected chi connectivity index (χ1v) is 6.80. The summed E-state index contributed by atoms with van der Waals surface area (Å²) in [4.78, 5) is 0. The largest absolute Gasteiger partial charge is 0.485 e. The highest BCUT2D eigenvalue weighted by Crippen LogP contribution is 2.35. The van der Waals surface area contributed by atoms with Crippen LogP contribution in [0.25, 0.3) is 0 Å². The van der Waals surface area contributed by atoms with Crippen molar-refractivity contribution in [2.24, 2.45) is 10.9 Å². The second-order valence-corrected chi connectivity index (χ2v) is 7.09. The van der Waals surface area contributed by atoms with Crippen molar-refractivity contribution in [3.8, 4) is 5.75 Å². The molecule has 0 atom stereocenters. The van der Waals surface area contributed by atoms with E-state index in [0.29, 0.717) is 0 Å². The lowest BCUT2D eigenvalue weighted by Gasteiger charge is -2.27. The second-order valence-electron chi connectivity index (χ2n) is 7.09. The zero-order chi connectivity index (χ0) is 15.6. The molecular weight excluding hydrogens is 252 g/mol. The number of nitrogens with zero attached hydrogens (tertiary/aromatic N) is 1. The third kappa shape index (κ3) is 4.15. The number of benzene rings is 1. The van der Waals surface area contributed by atoms with Gasteiger partial charge in [0.2, 0.25) is 0 Å². The van der Waals surface area contributed by atoms with Gasteiger partial charge in [0.05, 0.1) is 0 Å². The van der Waals surface area contributed by atoms with E-state index in [4.69, 9.17) is 15.7 Å². The molecule has 1 rings (SSSR count). The second kappa shape index (κ2) is 5.73. The van der Waals surface area contributed by atoms with Crippen LogP contribution in [0.2, 0.25) is 0 Å². The minimum Gasteiger partial charge on any atom is -0.485 e. The van der Waals surface area contributed by atoms with Crippen molar-refractivity contribution in [3.05, 3.63) is 29.3 Å². The summed E-state index contributed by atoms with van der Waals surface area (Å²) in [7, 11) is 0. The normalized spacial score (nSPS) is 13.4. The Kier molecular flexibility index (Phi) is 4.69. The summed E-state index contributed by atoms with van der Waals surface area (Å²) in [6.45, 7) is 13.1. The van der Waals surface area contributed by atoms with Crippen molar-refractivity contribution in [2.75, 3.05) is 6.61 Å². The molecule has 0 heterocycles. The summed E-state index contributed by atoms with van der Waals surface area (Å²) in [6.07, 6.45) is 0. The van der Waals surface area contributed by atoms with Crippen molar-refractivity contribution in [3.63, 3.8) is 0 Å². The van der Waals surface area contributed by atoms with Gasteiger partial charge in [-0.25, -0.2) is 0 Å². The van der Waals surface area contributed by atoms with Gasteiger partial charge in [-0.3, -0.25) is 0 Å². The number of amidine groups is 1. The molecule has 4 heteroatoms. The third-order valence-corrected chi connectivity index (χ3v) is 3.16. The topological polar surface area (TPSA) is 67.8 Å². The van der Waals surface area contributed by atoms with Gasteiger partial charge < -0.3 is 15.7 Å². The van der Waals surface area contributed by atoms with Crippen molar-refractivity contribution in [1.82, 2.24) is 0 Å². The lowest BCUT2D eigenvalue weighted by Crippen LogP contribution is -2.23. The monoisotopic (exact) mass is 278 g/mol. The summed E-state index contributed by atoms with van der Waals surface area (Å²) in [5.74, 6) is 0.835. The van der Waals surface area contributed by atoms with Crippen LogP contribution in [0.1, 0.15) is 52.7 Å². The highest BCUT2D eigenvalue weighted by Gasteiger charge is 2.23. The molecule has 0 aliphatic heterocycles. The molecule has 0 saturated heterocycles. The molecule has 0 fully saturated rings. The van der Waals surface area contributed by atoms with Crippen LogP contribution in [-0.2, 0) is 10.8 Å². The zero-order valence-electron chi connectivity index (χ0n) is 13.3. The molecule has 0 aromatic heterocycles. The van der Waals surface area contributed by atoms with Crippen molar-refractivity contribution >= 4 is 5.84 Å². The van der Waals surface area contributed by atoms with E-state index in [1.165, 1.54) is 5.56 Å². The Hall–Kier alpha value is -1.71. The molecule has 1 aromatic carbocycles. The summed E-state index contributed by atoms with van der Waals surface area (Å²) in [5.41, 5.74) is 7.89. The van der Waals surface area contributed by atoms with E-state index in [-0.39, 0.29) is 23.3 Å². The van der Waals surface area contributed by atoms with Gasteiger partial charge in [-0.1, -0.05) is 58.8 Å². The Labute approximate surface area is 121 Å². The highest BCUT2D eigenvalue weighted by molar-refractivity contribution is 5.81. The quantitative estimate of drug-likeness (QED) is 0.385. The van der Waals surface area contributed by atoms with Gasteiger partial charge in [-0.2, -0.15) is 0 Å². The average Bonchev–Trinajstić information content (AvgIpc) is 2.33. The van der Waals surface area contributed by atoms with Gasteiger partial charge in [-0.05, 0) is 28.0 Å². The van der Waals surface area contributed by atoms with Crippen LogP contribution in [0, 0.1) is 0 Å². The first kappa shape index (κ1) is 16.3. The van der Waals surface area contributed by atoms with Gasteiger partial charge in [-0.15, -0.1) is 0 Å². The van der Waals surface area contributed by atoms with Gasteiger partial charge in [0.1, 0.15) is 12.4 Å². The van der Waals surface area contributed by atoms with Crippen LogP contribution in [0.5, 0.6) is 5.75 Å². The number of hydrogen-bond donors (Lipinski definition) is 2. The maximum Gasteiger partial charge on any atom is 0.177 e. The molecule has 20 heavy (non-hydrogen) atoms. The Morgan fingerprint density at radius 2 is 1.75 bits per heavy atom. The third-order valence-electron chi connectivity index (χ3n) is 3.16. The Morgan fingerprint density at radius 3 is 2.20 bits per heavy atom. The lowest BCUT2D eigenvalue weighted by molar-refractivity contribution is 0.304. The van der Waals surface area contributed by atoms with E-state index in [1.54, 1.807) is 0 Å². The summed E-state index contributed by atoms with van der Waals surface area (Å²) in [5, 5.41) is 11.5. The Balaban J connectivity index is 3.18. The van der Waals surface area contributed by atoms with Crippen LogP contribution < -0.4 is 10.5 Å². The predicted octanol–water partition coefficient (Wildman–Crippen LogP) is 3.41. The number of rotatable bonds is 3. The maximum absolute atomic E-state index is 8.58. The minimum atomic E-state index is -0.0400. The smallest absolute Gasteiger partial charge is 0.177 e. The molecular formula is C16H26N2O2. The molecule has 0 amide bonds. The molecule has 0 aliphatic rings. The molecule has 112 valence electrons. The van der Waals surface area contributed by atoms with Crippen LogP contribution in [0.15, 0.2) is 23.4 Å². The lowest BCUT2D eigenvalue weighted by atomic mass is 9.80. The highest BCUT2D eigenvalue weighted by atomic mass is 16.5. The van der Waals surface area contributed by atoms with Crippen molar-refractivity contribution < 1.29 is 9.94 Å². The number of hydrogen-bond acceptors (Lipinski definition) is 3. The molecule has 0 radical (unpaired) electrons. The number of ether oxygens (including phenoxy) is 1. The molecule has 0 spiro atoms. The molecule has 3 N–H and O–H groups in total. The van der Waals surface area contributed by atoms with Gasteiger partial charge in [0.15, 0.2) is 5.84 Å². The van der Waals surface area contributed by atoms with E-state index in [2.05, 4.69) is 58.8 Å². The van der Waals surface area contributed by atoms with Crippen LogP contribution in [-0.4, -0.2) is 17.6 Å². The summed E-state index contributed by atoms with van der Waals surface area (Å²) in [6, 6.07) is 6.21. The molecule has 1 aromatic rings. The van der Waals surface area contributed by atoms with Crippen molar-refractivity contribution in [1.29, 1.82) is 0 Å². The molecule has 0 unspecified atom stereocenters. The van der Waals surface area contributed by atoms with E-state index in [1.807, 2.05) is 6.07 Å². The number of oxime groups is 1. The predicted molar refractivity (Wildman–Crippen MR) is 82.7 cm³/mol. The van der Waals surface area contributed by atoms with Crippen LogP contribution in [0.4, 0.5) is 0 Å². The minimum absolute atomic E-state index is 0.0400. The summed E-state index contributed by atoms with van der Waals surface area (Å²) >= 11 is 0. The SMILES string of the molecule is CC(C)(C)c1ccc(OC/C(N)=N/O)c(C(C)(C)C)c1. The fourth-order valence-corrected chi connectivity index (χ4v) is 1.89. The fraction of sp³-hybridized carbons (Fsp3) is 0.562. The van der Waals surface area contributed by atoms with Crippen LogP contribution >= 0.6 is 0 Å². The van der Waals surface area contributed by atoms with Gasteiger partial charge in [0, 0.05) is 0 Å². The average molecular weight is 278 g/mol. The summed E-state index contributed by atoms with van der Waals surface area (Å²) < 4.78 is 5.67. The first-order valence-electron chi connectivity index (χ1n) is 6.80. The van der Waals surface area contributed by atoms with Gasteiger partial charge >= 0.3 is 0 Å². The van der Waals surface area contributed by atoms with Crippen LogP contribution in [0.3, 0.4) is 0 Å². The number of nitrogens with two attached hydrogens (primary N) is 1. The zero-order valence-corrected chi connectivity index (χ0v) is 13.3. The molecule has 0 aliphatic carbocycles. The fourth-order valence-electron chi connectivity index (χ4n) is 1.89. The molecule has 0 bridgehead atoms. The molecule has 0 saturated carbocycles. The van der Waals surface area contributed by atoms with Gasteiger partial charge in [0.25, 0.3) is 0 Å². The first-order chi connectivity index (χ1) is 9.05. The van der Waals surface area contributed by atoms with E-state index < -0.39 is 0 Å².